The molecule has 1 aliphatic rings. The highest BCUT2D eigenvalue weighted by molar-refractivity contribution is 6.08. The van der Waals surface area contributed by atoms with Gasteiger partial charge in [-0.05, 0) is 81.3 Å². The lowest BCUT2D eigenvalue weighted by Crippen LogP contribution is -2.47. The van der Waals surface area contributed by atoms with E-state index in [0.29, 0.717) is 64.9 Å². The number of carbonyl (C=O) groups excluding carboxylic acids is 3. The van der Waals surface area contributed by atoms with Gasteiger partial charge in [-0.3, -0.25) is 19.3 Å². The van der Waals surface area contributed by atoms with Crippen molar-refractivity contribution in [1.29, 1.82) is 0 Å². The number of piperazine rings is 1. The van der Waals surface area contributed by atoms with Gasteiger partial charge in [0.2, 0.25) is 12.3 Å². The van der Waals surface area contributed by atoms with Gasteiger partial charge in [-0.1, -0.05) is 12.1 Å². The zero-order valence-electron chi connectivity index (χ0n) is 29.1. The number of rotatable bonds is 14. The number of hydrogen-bond acceptors (Lipinski definition) is 8. The van der Waals surface area contributed by atoms with Crippen molar-refractivity contribution in [3.63, 3.8) is 0 Å². The topological polar surface area (TPSA) is 126 Å². The molecule has 4 aromatic rings. The van der Waals surface area contributed by atoms with Gasteiger partial charge in [-0.2, -0.15) is 0 Å². The van der Waals surface area contributed by atoms with Gasteiger partial charge in [-0.15, -0.1) is 0 Å². The molecule has 0 aliphatic carbocycles. The number of unbranched alkanes of at least 4 members (excludes halogenated alkanes) is 2. The quantitative estimate of drug-likeness (QED) is 0.152. The van der Waals surface area contributed by atoms with E-state index in [0.717, 1.165) is 56.5 Å². The van der Waals surface area contributed by atoms with Crippen LogP contribution < -0.4 is 25.0 Å². The van der Waals surface area contributed by atoms with Crippen LogP contribution in [0.3, 0.4) is 0 Å². The van der Waals surface area contributed by atoms with E-state index in [4.69, 9.17) is 15.2 Å². The van der Waals surface area contributed by atoms with Gasteiger partial charge in [0.15, 0.2) is 0 Å². The molecule has 0 bridgehead atoms. The van der Waals surface area contributed by atoms with Gasteiger partial charge >= 0.3 is 0 Å². The van der Waals surface area contributed by atoms with Crippen LogP contribution in [0.25, 0.3) is 11.0 Å². The largest absolute Gasteiger partial charge is 0.495 e. The van der Waals surface area contributed by atoms with Crippen LogP contribution >= 0.6 is 0 Å². The fourth-order valence-corrected chi connectivity index (χ4v) is 6.15. The molecule has 1 saturated heterocycles. The van der Waals surface area contributed by atoms with Crippen molar-refractivity contribution in [3.8, 4) is 11.5 Å². The van der Waals surface area contributed by atoms with Crippen LogP contribution in [0, 0.1) is 6.92 Å². The number of nitrogens with zero attached hydrogens (tertiary/aromatic N) is 6. The van der Waals surface area contributed by atoms with Crippen molar-refractivity contribution >= 4 is 46.3 Å². The van der Waals surface area contributed by atoms with Crippen molar-refractivity contribution in [2.24, 2.45) is 12.8 Å². The number of hydrogen-bond donors (Lipinski definition) is 1. The summed E-state index contributed by atoms with van der Waals surface area (Å²) in [6.45, 7) is 6.16. The smallest absolute Gasteiger partial charge is 0.258 e. The number of anilines is 3. The Hall–Kier alpha value is -4.94. The maximum absolute atomic E-state index is 13.8. The number of likely N-dealkylation sites (N-methyl/N-ethyl adjacent to an activating group) is 1. The molecular formula is C37H47N7O5. The van der Waals surface area contributed by atoms with Crippen LogP contribution in [0.2, 0.25) is 0 Å². The van der Waals surface area contributed by atoms with Crippen molar-refractivity contribution in [2.45, 2.75) is 39.2 Å². The van der Waals surface area contributed by atoms with Gasteiger partial charge in [0.1, 0.15) is 22.8 Å². The molecule has 12 heteroatoms. The molecule has 0 unspecified atom stereocenters. The Labute approximate surface area is 288 Å². The zero-order valence-corrected chi connectivity index (χ0v) is 29.1. The number of nitrogens with two attached hydrogens (primary N) is 1. The molecule has 3 amide bonds. The first kappa shape index (κ1) is 35.4. The fraction of sp³-hybridized carbons (Fsp3) is 0.405. The third kappa shape index (κ3) is 7.87. The number of carbonyl (C=O) groups is 3. The van der Waals surface area contributed by atoms with Crippen LogP contribution in [0.15, 0.2) is 54.6 Å². The number of amides is 3. The molecule has 1 aliphatic heterocycles. The van der Waals surface area contributed by atoms with E-state index in [1.807, 2.05) is 59.8 Å². The molecule has 1 aromatic heterocycles. The molecule has 1 fully saturated rings. The molecule has 0 radical (unpaired) electrons. The molecule has 49 heavy (non-hydrogen) atoms. The SMILES string of the molecule is COc1cc(C(=O)N(C)c2ccc(C)cc2OCCCCCC(=O)N2CCN(C)CC2)ccc1N(C=O)c1cccc2c1nc(CN)n2C. The summed E-state index contributed by atoms with van der Waals surface area (Å²) in [5.74, 6) is 1.62. The Morgan fingerprint density at radius 2 is 1.69 bits per heavy atom. The highest BCUT2D eigenvalue weighted by Gasteiger charge is 2.23. The molecule has 5 rings (SSSR count). The summed E-state index contributed by atoms with van der Waals surface area (Å²) in [5.41, 5.74) is 10.4. The second kappa shape index (κ2) is 16.0. The number of imidazole rings is 1. The van der Waals surface area contributed by atoms with Gasteiger partial charge in [-0.25, -0.2) is 4.98 Å². The normalized spacial score (nSPS) is 13.4. The van der Waals surface area contributed by atoms with Crippen LogP contribution in [-0.2, 0) is 23.2 Å². The minimum atomic E-state index is -0.266. The number of aromatic nitrogens is 2. The number of ether oxygens (including phenoxy) is 2. The number of methoxy groups -OCH3 is 1. The zero-order chi connectivity index (χ0) is 35.1. The third-order valence-corrected chi connectivity index (χ3v) is 9.15. The van der Waals surface area contributed by atoms with E-state index in [1.54, 1.807) is 30.1 Å². The first-order valence-corrected chi connectivity index (χ1v) is 16.7. The standard InChI is InChI=1S/C37H47N7O5/c1-26-13-15-28(33(22-26)49-21-8-6-7-12-35(46)43-19-17-40(2)18-20-43)42(4)37(47)27-14-16-29(32(23-27)48-5)44(25-45)31-11-9-10-30-36(31)39-34(24-38)41(30)3/h9-11,13-16,22-23,25H,6-8,12,17-21,24,38H2,1-5H3. The molecule has 2 N–H and O–H groups in total. The van der Waals surface area contributed by atoms with Gasteiger partial charge < -0.3 is 34.5 Å². The Morgan fingerprint density at radius 1 is 0.939 bits per heavy atom. The van der Waals surface area contributed by atoms with Crippen LogP contribution in [0.4, 0.5) is 17.1 Å². The van der Waals surface area contributed by atoms with Crippen molar-refractivity contribution in [1.82, 2.24) is 19.4 Å². The summed E-state index contributed by atoms with van der Waals surface area (Å²) < 4.78 is 13.8. The average Bonchev–Trinajstić information content (AvgIpc) is 3.45. The van der Waals surface area contributed by atoms with Crippen molar-refractivity contribution < 1.29 is 23.9 Å². The number of fused-ring (bicyclic) bond motifs is 1. The van der Waals surface area contributed by atoms with Crippen LogP contribution in [0.5, 0.6) is 11.5 Å². The van der Waals surface area contributed by atoms with Crippen molar-refractivity contribution in [3.05, 3.63) is 71.5 Å². The second-order valence-electron chi connectivity index (χ2n) is 12.5. The lowest BCUT2D eigenvalue weighted by Gasteiger charge is -2.32. The minimum absolute atomic E-state index is 0.227. The van der Waals surface area contributed by atoms with E-state index in [9.17, 15) is 14.4 Å². The Kier molecular flexibility index (Phi) is 11.5. The summed E-state index contributed by atoms with van der Waals surface area (Å²) in [5, 5.41) is 0. The summed E-state index contributed by atoms with van der Waals surface area (Å²) in [7, 11) is 7.17. The molecule has 3 aromatic carbocycles. The molecule has 2 heterocycles. The Morgan fingerprint density at radius 3 is 2.41 bits per heavy atom. The summed E-state index contributed by atoms with van der Waals surface area (Å²) in [4.78, 5) is 50.8. The third-order valence-electron chi connectivity index (χ3n) is 9.15. The van der Waals surface area contributed by atoms with E-state index in [1.165, 1.54) is 12.0 Å². The fourth-order valence-electron chi connectivity index (χ4n) is 6.15. The van der Waals surface area contributed by atoms with E-state index in [-0.39, 0.29) is 18.4 Å². The van der Waals surface area contributed by atoms with Gasteiger partial charge in [0.25, 0.3) is 5.91 Å². The molecule has 0 spiro atoms. The summed E-state index contributed by atoms with van der Waals surface area (Å²) >= 11 is 0. The average molecular weight is 670 g/mol. The lowest BCUT2D eigenvalue weighted by molar-refractivity contribution is -0.132. The maximum Gasteiger partial charge on any atom is 0.258 e. The predicted octanol–water partition coefficient (Wildman–Crippen LogP) is 4.63. The lowest BCUT2D eigenvalue weighted by atomic mass is 10.1. The Bertz CT molecular complexity index is 1800. The minimum Gasteiger partial charge on any atom is -0.495 e. The molecule has 12 nitrogen and oxygen atoms in total. The van der Waals surface area contributed by atoms with E-state index in [2.05, 4.69) is 16.9 Å². The highest BCUT2D eigenvalue weighted by atomic mass is 16.5. The first-order valence-electron chi connectivity index (χ1n) is 16.7. The molecule has 260 valence electrons. The van der Waals surface area contributed by atoms with Crippen LogP contribution in [0.1, 0.15) is 47.4 Å². The Balaban J connectivity index is 1.26. The number of para-hydroxylation sites is 1. The van der Waals surface area contributed by atoms with E-state index < -0.39 is 0 Å². The van der Waals surface area contributed by atoms with Gasteiger partial charge in [0.05, 0.1) is 42.8 Å². The number of aryl methyl sites for hydroxylation is 2. The maximum atomic E-state index is 13.8. The van der Waals surface area contributed by atoms with E-state index >= 15 is 0 Å². The monoisotopic (exact) mass is 669 g/mol. The van der Waals surface area contributed by atoms with Crippen LogP contribution in [-0.4, -0.2) is 91.6 Å². The summed E-state index contributed by atoms with van der Waals surface area (Å²) in [6.07, 6.45) is 3.75. The number of benzene rings is 3. The first-order chi connectivity index (χ1) is 23.7. The highest BCUT2D eigenvalue weighted by Crippen LogP contribution is 2.38. The second-order valence-corrected chi connectivity index (χ2v) is 12.5. The molecule has 0 atom stereocenters. The predicted molar refractivity (Wildman–Crippen MR) is 192 cm³/mol. The summed E-state index contributed by atoms with van der Waals surface area (Å²) in [6, 6.07) is 16.3. The molecular weight excluding hydrogens is 622 g/mol. The van der Waals surface area contributed by atoms with Gasteiger partial charge in [0, 0.05) is 52.3 Å². The van der Waals surface area contributed by atoms with Crippen molar-refractivity contribution in [2.75, 3.05) is 63.8 Å². The molecule has 0 saturated carbocycles.